The van der Waals surface area contributed by atoms with Crippen molar-refractivity contribution in [3.8, 4) is 17.2 Å². The van der Waals surface area contributed by atoms with Gasteiger partial charge in [-0.1, -0.05) is 0 Å². The molecule has 0 saturated carbocycles. The lowest BCUT2D eigenvalue weighted by Crippen LogP contribution is -2.21. The Balaban J connectivity index is 2.40. The molecule has 1 aliphatic heterocycles. The van der Waals surface area contributed by atoms with Gasteiger partial charge >= 0.3 is 0 Å². The average molecular weight is 225 g/mol. The average Bonchev–Trinajstić information content (AvgIpc) is 2.72. The zero-order chi connectivity index (χ0) is 11.5. The van der Waals surface area contributed by atoms with Gasteiger partial charge in [-0.2, -0.15) is 5.48 Å². The number of methoxy groups -OCH3 is 2. The Morgan fingerprint density at radius 3 is 2.69 bits per heavy atom. The Hall–Kier alpha value is -1.46. The largest absolute Gasteiger partial charge is 0.496 e. The van der Waals surface area contributed by atoms with Crippen molar-refractivity contribution in [2.75, 3.05) is 27.9 Å². The molecule has 0 spiro atoms. The smallest absolute Gasteiger partial charge is 0.131 e. The molecule has 0 fully saturated rings. The van der Waals surface area contributed by atoms with Crippen molar-refractivity contribution in [1.29, 1.82) is 0 Å². The second kappa shape index (κ2) is 4.59. The van der Waals surface area contributed by atoms with Gasteiger partial charge in [-0.3, -0.25) is 0 Å². The number of rotatable bonds is 4. The highest BCUT2D eigenvalue weighted by Gasteiger charge is 2.29. The first kappa shape index (κ1) is 11.0. The third kappa shape index (κ3) is 1.79. The highest BCUT2D eigenvalue weighted by molar-refractivity contribution is 5.54. The van der Waals surface area contributed by atoms with Crippen molar-refractivity contribution in [3.63, 3.8) is 0 Å². The van der Waals surface area contributed by atoms with Gasteiger partial charge in [-0.05, 0) is 0 Å². The van der Waals surface area contributed by atoms with Gasteiger partial charge in [0.2, 0.25) is 0 Å². The molecule has 0 saturated heterocycles. The molecule has 1 unspecified atom stereocenters. The molecule has 1 N–H and O–H groups in total. The van der Waals surface area contributed by atoms with E-state index in [1.54, 1.807) is 21.3 Å². The van der Waals surface area contributed by atoms with Crippen molar-refractivity contribution in [3.05, 3.63) is 17.7 Å². The van der Waals surface area contributed by atoms with Crippen LogP contribution in [0.3, 0.4) is 0 Å². The summed E-state index contributed by atoms with van der Waals surface area (Å²) in [5.41, 5.74) is 3.83. The van der Waals surface area contributed by atoms with Gasteiger partial charge in [0.1, 0.15) is 23.9 Å². The van der Waals surface area contributed by atoms with Crippen LogP contribution in [-0.4, -0.2) is 27.9 Å². The Kier molecular flexibility index (Phi) is 3.17. The quantitative estimate of drug-likeness (QED) is 0.782. The van der Waals surface area contributed by atoms with E-state index in [1.165, 1.54) is 0 Å². The van der Waals surface area contributed by atoms with E-state index in [-0.39, 0.29) is 6.04 Å². The fourth-order valence-electron chi connectivity index (χ4n) is 1.82. The van der Waals surface area contributed by atoms with Crippen LogP contribution >= 0.6 is 0 Å². The summed E-state index contributed by atoms with van der Waals surface area (Å²) in [5.74, 6) is 2.22. The summed E-state index contributed by atoms with van der Waals surface area (Å²) < 4.78 is 16.0. The molecule has 0 bridgehead atoms. The molecule has 0 aliphatic carbocycles. The predicted molar refractivity (Wildman–Crippen MR) is 57.9 cm³/mol. The number of benzene rings is 1. The molecule has 5 heteroatoms. The van der Waals surface area contributed by atoms with Crippen molar-refractivity contribution < 1.29 is 19.0 Å². The summed E-state index contributed by atoms with van der Waals surface area (Å²) in [5, 5.41) is 0. The number of hydroxylamine groups is 1. The van der Waals surface area contributed by atoms with Gasteiger partial charge < -0.3 is 19.0 Å². The van der Waals surface area contributed by atoms with Gasteiger partial charge in [0.15, 0.2) is 0 Å². The first-order valence-electron chi connectivity index (χ1n) is 4.97. The Morgan fingerprint density at radius 1 is 1.25 bits per heavy atom. The monoisotopic (exact) mass is 225 g/mol. The Bertz CT molecular complexity index is 380. The molecule has 16 heavy (non-hydrogen) atoms. The molecule has 1 heterocycles. The second-order valence-electron chi connectivity index (χ2n) is 3.43. The number of hydrogen-bond donors (Lipinski definition) is 1. The third-order valence-corrected chi connectivity index (χ3v) is 2.55. The standard InChI is InChI=1S/C11H15NO4/c1-13-7-4-9(14-2)11-8(12-15-3)6-16-10(11)5-7/h4-5,8,12H,6H2,1-3H3. The zero-order valence-electron chi connectivity index (χ0n) is 9.57. The molecule has 5 nitrogen and oxygen atoms in total. The van der Waals surface area contributed by atoms with E-state index in [2.05, 4.69) is 5.48 Å². The van der Waals surface area contributed by atoms with E-state index in [1.807, 2.05) is 12.1 Å². The summed E-state index contributed by atoms with van der Waals surface area (Å²) in [6.45, 7) is 0.521. The van der Waals surface area contributed by atoms with Gasteiger partial charge in [-0.25, -0.2) is 0 Å². The topological polar surface area (TPSA) is 49.0 Å². The molecule has 1 aliphatic rings. The molecule has 0 aromatic heterocycles. The molecule has 2 rings (SSSR count). The minimum Gasteiger partial charge on any atom is -0.496 e. The SMILES string of the molecule is CONC1COc2cc(OC)cc(OC)c21. The molecular weight excluding hydrogens is 210 g/mol. The number of fused-ring (bicyclic) bond motifs is 1. The lowest BCUT2D eigenvalue weighted by Gasteiger charge is -2.13. The van der Waals surface area contributed by atoms with E-state index in [4.69, 9.17) is 19.0 Å². The van der Waals surface area contributed by atoms with Crippen LogP contribution < -0.4 is 19.7 Å². The summed E-state index contributed by atoms with van der Waals surface area (Å²) in [6.07, 6.45) is 0. The normalized spacial score (nSPS) is 17.8. The minimum absolute atomic E-state index is 0.0131. The number of hydrogen-bond acceptors (Lipinski definition) is 5. The summed E-state index contributed by atoms with van der Waals surface area (Å²) in [6, 6.07) is 3.66. The molecular formula is C11H15NO4. The maximum absolute atomic E-state index is 5.55. The number of ether oxygens (including phenoxy) is 3. The fourth-order valence-corrected chi connectivity index (χ4v) is 1.82. The van der Waals surface area contributed by atoms with Crippen LogP contribution in [0.5, 0.6) is 17.2 Å². The maximum atomic E-state index is 5.55. The fraction of sp³-hybridized carbons (Fsp3) is 0.455. The summed E-state index contributed by atoms with van der Waals surface area (Å²) in [7, 11) is 4.81. The van der Waals surface area contributed by atoms with Crippen LogP contribution in [0.1, 0.15) is 11.6 Å². The highest BCUT2D eigenvalue weighted by atomic mass is 16.6. The van der Waals surface area contributed by atoms with Gasteiger partial charge in [-0.15, -0.1) is 0 Å². The van der Waals surface area contributed by atoms with Crippen molar-refractivity contribution in [1.82, 2.24) is 5.48 Å². The second-order valence-corrected chi connectivity index (χ2v) is 3.43. The first-order valence-corrected chi connectivity index (χ1v) is 4.97. The van der Waals surface area contributed by atoms with E-state index in [9.17, 15) is 0 Å². The lowest BCUT2D eigenvalue weighted by atomic mass is 10.1. The zero-order valence-corrected chi connectivity index (χ0v) is 9.57. The van der Waals surface area contributed by atoms with Crippen molar-refractivity contribution >= 4 is 0 Å². The van der Waals surface area contributed by atoms with E-state index < -0.39 is 0 Å². The third-order valence-electron chi connectivity index (χ3n) is 2.55. The van der Waals surface area contributed by atoms with Gasteiger partial charge in [0, 0.05) is 12.1 Å². The highest BCUT2D eigenvalue weighted by Crippen LogP contribution is 2.42. The van der Waals surface area contributed by atoms with Crippen LogP contribution in [0.2, 0.25) is 0 Å². The van der Waals surface area contributed by atoms with Crippen LogP contribution in [0.4, 0.5) is 0 Å². The van der Waals surface area contributed by atoms with E-state index >= 15 is 0 Å². The Morgan fingerprint density at radius 2 is 2.06 bits per heavy atom. The molecule has 1 aromatic rings. The molecule has 1 aromatic carbocycles. The van der Waals surface area contributed by atoms with Crippen LogP contribution in [0.15, 0.2) is 12.1 Å². The maximum Gasteiger partial charge on any atom is 0.131 e. The van der Waals surface area contributed by atoms with Crippen molar-refractivity contribution in [2.24, 2.45) is 0 Å². The van der Waals surface area contributed by atoms with E-state index in [0.29, 0.717) is 12.4 Å². The van der Waals surface area contributed by atoms with Crippen LogP contribution in [0.25, 0.3) is 0 Å². The summed E-state index contributed by atoms with van der Waals surface area (Å²) in [4.78, 5) is 4.92. The van der Waals surface area contributed by atoms with Gasteiger partial charge in [0.05, 0.1) is 32.9 Å². The lowest BCUT2D eigenvalue weighted by molar-refractivity contribution is 0.0530. The van der Waals surface area contributed by atoms with Crippen LogP contribution in [0, 0.1) is 0 Å². The van der Waals surface area contributed by atoms with Crippen molar-refractivity contribution in [2.45, 2.75) is 6.04 Å². The minimum atomic E-state index is -0.0131. The van der Waals surface area contributed by atoms with Crippen LogP contribution in [-0.2, 0) is 4.84 Å². The Labute approximate surface area is 94.2 Å². The molecule has 0 amide bonds. The van der Waals surface area contributed by atoms with E-state index in [0.717, 1.165) is 17.1 Å². The van der Waals surface area contributed by atoms with Gasteiger partial charge in [0.25, 0.3) is 0 Å². The molecule has 0 radical (unpaired) electrons. The molecule has 88 valence electrons. The molecule has 1 atom stereocenters. The predicted octanol–water partition coefficient (Wildman–Crippen LogP) is 1.29. The number of nitrogens with one attached hydrogen (secondary N) is 1. The summed E-state index contributed by atoms with van der Waals surface area (Å²) >= 11 is 0. The first-order chi connectivity index (χ1) is 7.80.